The first kappa shape index (κ1) is 10.0. The Bertz CT molecular complexity index is 447. The molecule has 2 nitrogen and oxygen atoms in total. The molecule has 0 aromatic carbocycles. The van der Waals surface area contributed by atoms with Crippen LogP contribution in [0.1, 0.15) is 5.69 Å². The highest BCUT2D eigenvalue weighted by molar-refractivity contribution is 7.19. The second-order valence-corrected chi connectivity index (χ2v) is 4.86. The average molecular weight is 247 g/mol. The normalized spacial score (nSPS) is 10.8. The van der Waals surface area contributed by atoms with Gasteiger partial charge in [-0.25, -0.2) is 0 Å². The maximum atomic E-state index is 5.87. The fraction of sp³-hybridized carbons (Fsp3) is 0.222. The van der Waals surface area contributed by atoms with E-state index < -0.39 is 0 Å². The third kappa shape index (κ3) is 1.80. The van der Waals surface area contributed by atoms with Crippen LogP contribution in [0, 0.1) is 0 Å². The summed E-state index contributed by atoms with van der Waals surface area (Å²) in [6.45, 7) is 0. The number of hydrogen-bond donors (Lipinski definition) is 0. The predicted octanol–water partition coefficient (Wildman–Crippen LogP) is 3.54. The average Bonchev–Trinajstić information content (AvgIpc) is 2.71. The van der Waals surface area contributed by atoms with E-state index in [1.54, 1.807) is 11.3 Å². The van der Waals surface area contributed by atoms with Gasteiger partial charge in [0, 0.05) is 7.05 Å². The van der Waals surface area contributed by atoms with Crippen molar-refractivity contribution in [3.63, 3.8) is 0 Å². The van der Waals surface area contributed by atoms with Gasteiger partial charge in [0.05, 0.1) is 26.5 Å². The van der Waals surface area contributed by atoms with Crippen LogP contribution in [0.2, 0.25) is 4.34 Å². The van der Waals surface area contributed by atoms with E-state index in [9.17, 15) is 0 Å². The molecule has 0 unspecified atom stereocenters. The van der Waals surface area contributed by atoms with Crippen molar-refractivity contribution >= 4 is 34.5 Å². The molecular formula is C9H8Cl2N2S. The third-order valence-corrected chi connectivity index (χ3v) is 3.42. The van der Waals surface area contributed by atoms with Gasteiger partial charge in [-0.05, 0) is 18.2 Å². The van der Waals surface area contributed by atoms with E-state index in [4.69, 9.17) is 23.2 Å². The van der Waals surface area contributed by atoms with E-state index in [-0.39, 0.29) is 0 Å². The van der Waals surface area contributed by atoms with Crippen LogP contribution in [0.4, 0.5) is 0 Å². The molecule has 0 amide bonds. The first-order chi connectivity index (χ1) is 6.70. The number of nitrogens with zero attached hydrogens (tertiary/aromatic N) is 2. The second-order valence-electron chi connectivity index (χ2n) is 2.88. The van der Waals surface area contributed by atoms with Gasteiger partial charge in [-0.3, -0.25) is 4.68 Å². The van der Waals surface area contributed by atoms with Crippen LogP contribution in [0.3, 0.4) is 0 Å². The molecule has 5 heteroatoms. The number of alkyl halides is 1. The Morgan fingerprint density at radius 2 is 2.29 bits per heavy atom. The van der Waals surface area contributed by atoms with E-state index in [1.807, 2.05) is 29.9 Å². The van der Waals surface area contributed by atoms with Gasteiger partial charge in [0.25, 0.3) is 0 Å². The van der Waals surface area contributed by atoms with E-state index in [2.05, 4.69) is 5.10 Å². The lowest BCUT2D eigenvalue weighted by atomic mass is 10.3. The van der Waals surface area contributed by atoms with E-state index in [0.29, 0.717) is 5.88 Å². The van der Waals surface area contributed by atoms with Gasteiger partial charge in [0.1, 0.15) is 0 Å². The van der Waals surface area contributed by atoms with Crippen LogP contribution in [-0.2, 0) is 12.9 Å². The number of halogens is 2. The highest BCUT2D eigenvalue weighted by Crippen LogP contribution is 2.31. The molecule has 0 radical (unpaired) electrons. The van der Waals surface area contributed by atoms with Crippen molar-refractivity contribution in [2.24, 2.45) is 7.05 Å². The maximum Gasteiger partial charge on any atom is 0.0935 e. The summed E-state index contributed by atoms with van der Waals surface area (Å²) in [6, 6.07) is 5.85. The molecule has 74 valence electrons. The molecule has 2 aromatic rings. The van der Waals surface area contributed by atoms with Gasteiger partial charge >= 0.3 is 0 Å². The lowest BCUT2D eigenvalue weighted by Gasteiger charge is -1.95. The second kappa shape index (κ2) is 3.93. The lowest BCUT2D eigenvalue weighted by Crippen LogP contribution is -1.92. The first-order valence-electron chi connectivity index (χ1n) is 4.05. The molecule has 2 rings (SSSR count). The molecule has 0 N–H and O–H groups in total. The number of aryl methyl sites for hydroxylation is 1. The van der Waals surface area contributed by atoms with Crippen molar-refractivity contribution in [3.8, 4) is 10.6 Å². The number of aromatic nitrogens is 2. The molecular weight excluding hydrogens is 239 g/mol. The predicted molar refractivity (Wildman–Crippen MR) is 61.1 cm³/mol. The Labute approximate surface area is 96.1 Å². The summed E-state index contributed by atoms with van der Waals surface area (Å²) in [5.74, 6) is 0.437. The van der Waals surface area contributed by atoms with Crippen molar-refractivity contribution < 1.29 is 0 Å². The zero-order valence-corrected chi connectivity index (χ0v) is 9.83. The van der Waals surface area contributed by atoms with E-state index in [1.165, 1.54) is 0 Å². The summed E-state index contributed by atoms with van der Waals surface area (Å²) in [7, 11) is 1.90. The van der Waals surface area contributed by atoms with E-state index in [0.717, 1.165) is 20.6 Å². The molecule has 0 spiro atoms. The van der Waals surface area contributed by atoms with Crippen LogP contribution in [-0.4, -0.2) is 9.78 Å². The number of rotatable bonds is 2. The van der Waals surface area contributed by atoms with Gasteiger partial charge in [-0.15, -0.1) is 22.9 Å². The zero-order valence-electron chi connectivity index (χ0n) is 7.50. The molecule has 2 aromatic heterocycles. The largest absolute Gasteiger partial charge is 0.267 e. The van der Waals surface area contributed by atoms with Crippen LogP contribution < -0.4 is 0 Å². The molecule has 0 saturated carbocycles. The Hall–Kier alpha value is -0.510. The topological polar surface area (TPSA) is 17.8 Å². The van der Waals surface area contributed by atoms with Crippen molar-refractivity contribution in [1.82, 2.24) is 9.78 Å². The summed E-state index contributed by atoms with van der Waals surface area (Å²) < 4.78 is 2.61. The molecule has 0 fully saturated rings. The highest BCUT2D eigenvalue weighted by Gasteiger charge is 2.08. The van der Waals surface area contributed by atoms with Crippen LogP contribution in [0.5, 0.6) is 0 Å². The quantitative estimate of drug-likeness (QED) is 0.742. The van der Waals surface area contributed by atoms with Crippen LogP contribution >= 0.6 is 34.5 Å². The summed E-state index contributed by atoms with van der Waals surface area (Å²) in [5.41, 5.74) is 1.94. The minimum absolute atomic E-state index is 0.437. The van der Waals surface area contributed by atoms with Gasteiger partial charge in [0.15, 0.2) is 0 Å². The smallest absolute Gasteiger partial charge is 0.0935 e. The standard InChI is InChI=1S/C9H8Cl2N2S/c1-13-7(4-6(5-10)12-13)8-2-3-9(11)14-8/h2-4H,5H2,1H3. The number of hydrogen-bond acceptors (Lipinski definition) is 2. The zero-order chi connectivity index (χ0) is 10.1. The van der Waals surface area contributed by atoms with E-state index >= 15 is 0 Å². The molecule has 0 atom stereocenters. The van der Waals surface area contributed by atoms with Crippen molar-refractivity contribution in [3.05, 3.63) is 28.2 Å². The molecule has 0 aliphatic carbocycles. The van der Waals surface area contributed by atoms with Gasteiger partial charge in [-0.1, -0.05) is 11.6 Å². The fourth-order valence-electron chi connectivity index (χ4n) is 1.27. The molecule has 2 heterocycles. The molecule has 14 heavy (non-hydrogen) atoms. The molecule has 0 saturated heterocycles. The summed E-state index contributed by atoms with van der Waals surface area (Å²) in [6.07, 6.45) is 0. The van der Waals surface area contributed by atoms with Crippen molar-refractivity contribution in [2.45, 2.75) is 5.88 Å². The minimum atomic E-state index is 0.437. The maximum absolute atomic E-state index is 5.87. The van der Waals surface area contributed by atoms with Gasteiger partial charge < -0.3 is 0 Å². The highest BCUT2D eigenvalue weighted by atomic mass is 35.5. The van der Waals surface area contributed by atoms with Gasteiger partial charge in [0.2, 0.25) is 0 Å². The molecule has 0 aliphatic heterocycles. The van der Waals surface area contributed by atoms with Crippen LogP contribution in [0.15, 0.2) is 18.2 Å². The fourth-order valence-corrected chi connectivity index (χ4v) is 2.50. The monoisotopic (exact) mass is 246 g/mol. The van der Waals surface area contributed by atoms with Gasteiger partial charge in [-0.2, -0.15) is 5.10 Å². The lowest BCUT2D eigenvalue weighted by molar-refractivity contribution is 0.763. The first-order valence-corrected chi connectivity index (χ1v) is 5.78. The van der Waals surface area contributed by atoms with Crippen molar-refractivity contribution in [2.75, 3.05) is 0 Å². The Kier molecular flexibility index (Phi) is 2.81. The minimum Gasteiger partial charge on any atom is -0.267 e. The Balaban J connectivity index is 2.45. The summed E-state index contributed by atoms with van der Waals surface area (Å²) in [4.78, 5) is 1.11. The summed E-state index contributed by atoms with van der Waals surface area (Å²) >= 11 is 13.1. The molecule has 0 aliphatic rings. The Morgan fingerprint density at radius 3 is 2.79 bits per heavy atom. The van der Waals surface area contributed by atoms with Crippen molar-refractivity contribution in [1.29, 1.82) is 0 Å². The third-order valence-electron chi connectivity index (χ3n) is 1.89. The summed E-state index contributed by atoms with van der Waals surface area (Å²) in [5, 5.41) is 4.26. The SMILES string of the molecule is Cn1nc(CCl)cc1-c1ccc(Cl)s1. The molecule has 0 bridgehead atoms. The number of thiophene rings is 1. The Morgan fingerprint density at radius 1 is 1.50 bits per heavy atom. The van der Waals surface area contributed by atoms with Crippen LogP contribution in [0.25, 0.3) is 10.6 Å².